The van der Waals surface area contributed by atoms with E-state index in [0.717, 1.165) is 25.8 Å². The third kappa shape index (κ3) is 8.98. The lowest BCUT2D eigenvalue weighted by Crippen LogP contribution is -2.34. The highest BCUT2D eigenvalue weighted by molar-refractivity contribution is 6.17. The van der Waals surface area contributed by atoms with E-state index in [1.165, 1.54) is 0 Å². The number of alkyl halides is 1. The first kappa shape index (κ1) is 15.7. The van der Waals surface area contributed by atoms with Crippen molar-refractivity contribution in [3.05, 3.63) is 0 Å². The molecule has 0 unspecified atom stereocenters. The maximum atomic E-state index is 11.6. The summed E-state index contributed by atoms with van der Waals surface area (Å²) in [6.07, 6.45) is 3.09. The second-order valence-electron chi connectivity index (χ2n) is 4.97. The van der Waals surface area contributed by atoms with Gasteiger partial charge in [-0.2, -0.15) is 0 Å². The normalized spacial score (nSPS) is 11.6. The van der Waals surface area contributed by atoms with Gasteiger partial charge in [-0.1, -0.05) is 6.42 Å². The second-order valence-corrected chi connectivity index (χ2v) is 5.34. The molecule has 0 aromatic rings. The van der Waals surface area contributed by atoms with E-state index in [2.05, 4.69) is 0 Å². The van der Waals surface area contributed by atoms with Gasteiger partial charge < -0.3 is 9.64 Å². The minimum Gasteiger partial charge on any atom is -0.366 e. The third-order valence-corrected chi connectivity index (χ3v) is 2.45. The van der Waals surface area contributed by atoms with Crippen LogP contribution in [0.25, 0.3) is 0 Å². The number of carbonyl (C=O) groups is 1. The zero-order valence-electron chi connectivity index (χ0n) is 10.9. The van der Waals surface area contributed by atoms with Gasteiger partial charge in [-0.05, 0) is 33.6 Å². The summed E-state index contributed by atoms with van der Waals surface area (Å²) in [6.45, 7) is 6.78. The number of hydrogen-bond donors (Lipinski definition) is 0. The molecule has 0 aromatic carbocycles. The molecule has 0 fully saturated rings. The predicted octanol–water partition coefficient (Wildman–Crippen LogP) is 2.67. The molecule has 0 aliphatic heterocycles. The first-order valence-electron chi connectivity index (χ1n) is 5.80. The summed E-state index contributed by atoms with van der Waals surface area (Å²) in [5.41, 5.74) is -0.255. The van der Waals surface area contributed by atoms with E-state index in [1.807, 2.05) is 27.8 Å². The molecule has 0 saturated carbocycles. The predicted molar refractivity (Wildman–Crippen MR) is 67.9 cm³/mol. The molecule has 1 amide bonds. The summed E-state index contributed by atoms with van der Waals surface area (Å²) in [7, 11) is 1.81. The van der Waals surface area contributed by atoms with Gasteiger partial charge in [0.15, 0.2) is 0 Å². The highest BCUT2D eigenvalue weighted by Crippen LogP contribution is 2.07. The Morgan fingerprint density at radius 2 is 1.88 bits per heavy atom. The number of carbonyl (C=O) groups excluding carboxylic acids is 1. The molecular weight excluding hydrogens is 226 g/mol. The van der Waals surface area contributed by atoms with Crippen LogP contribution in [0.5, 0.6) is 0 Å². The first-order valence-corrected chi connectivity index (χ1v) is 6.34. The average molecular weight is 250 g/mol. The van der Waals surface area contributed by atoms with E-state index >= 15 is 0 Å². The van der Waals surface area contributed by atoms with Gasteiger partial charge in [-0.15, -0.1) is 11.6 Å². The molecule has 0 aliphatic rings. The molecule has 3 nitrogen and oxygen atoms in total. The standard InChI is InChI=1S/C12H24ClNO2/c1-12(2,3)16-10-11(15)14(4)9-7-5-6-8-13/h5-10H2,1-4H3. The maximum absolute atomic E-state index is 11.6. The minimum absolute atomic E-state index is 0.0424. The Hall–Kier alpha value is -0.280. The number of halogens is 1. The van der Waals surface area contributed by atoms with E-state index in [9.17, 15) is 4.79 Å². The van der Waals surface area contributed by atoms with Crippen molar-refractivity contribution in [3.63, 3.8) is 0 Å². The van der Waals surface area contributed by atoms with Crippen molar-refractivity contribution in [1.29, 1.82) is 0 Å². The molecule has 0 rings (SSSR count). The number of ether oxygens (including phenoxy) is 1. The van der Waals surface area contributed by atoms with Crippen molar-refractivity contribution in [2.45, 2.75) is 45.6 Å². The molecule has 0 N–H and O–H groups in total. The molecule has 0 aromatic heterocycles. The Kier molecular flexibility index (Phi) is 7.77. The molecular formula is C12H24ClNO2. The molecule has 0 saturated heterocycles. The van der Waals surface area contributed by atoms with Crippen LogP contribution >= 0.6 is 11.6 Å². The molecule has 4 heteroatoms. The topological polar surface area (TPSA) is 29.5 Å². The van der Waals surface area contributed by atoms with E-state index in [4.69, 9.17) is 16.3 Å². The van der Waals surface area contributed by atoms with Gasteiger partial charge in [0.1, 0.15) is 6.61 Å². The molecule has 0 atom stereocenters. The van der Waals surface area contributed by atoms with Crippen LogP contribution in [0.1, 0.15) is 40.0 Å². The van der Waals surface area contributed by atoms with Crippen LogP contribution in [-0.4, -0.2) is 42.5 Å². The lowest BCUT2D eigenvalue weighted by atomic mass is 10.2. The Balaban J connectivity index is 3.65. The third-order valence-electron chi connectivity index (χ3n) is 2.18. The van der Waals surface area contributed by atoms with E-state index < -0.39 is 0 Å². The SMILES string of the molecule is CN(CCCCCCl)C(=O)COC(C)(C)C. The fourth-order valence-electron chi connectivity index (χ4n) is 1.13. The summed E-state index contributed by atoms with van der Waals surface area (Å²) in [4.78, 5) is 13.4. The van der Waals surface area contributed by atoms with Crippen molar-refractivity contribution in [1.82, 2.24) is 4.90 Å². The quantitative estimate of drug-likeness (QED) is 0.513. The summed E-state index contributed by atoms with van der Waals surface area (Å²) < 4.78 is 5.43. The van der Waals surface area contributed by atoms with Crippen molar-refractivity contribution in [3.8, 4) is 0 Å². The highest BCUT2D eigenvalue weighted by atomic mass is 35.5. The van der Waals surface area contributed by atoms with E-state index in [0.29, 0.717) is 5.88 Å². The van der Waals surface area contributed by atoms with Gasteiger partial charge in [0.25, 0.3) is 0 Å². The van der Waals surface area contributed by atoms with Gasteiger partial charge >= 0.3 is 0 Å². The summed E-state index contributed by atoms with van der Waals surface area (Å²) >= 11 is 5.58. The van der Waals surface area contributed by atoms with Gasteiger partial charge in [0, 0.05) is 19.5 Å². The zero-order chi connectivity index (χ0) is 12.6. The fourth-order valence-corrected chi connectivity index (χ4v) is 1.32. The maximum Gasteiger partial charge on any atom is 0.248 e. The Bertz CT molecular complexity index is 202. The Morgan fingerprint density at radius 1 is 1.25 bits per heavy atom. The number of amides is 1. The molecule has 0 radical (unpaired) electrons. The van der Waals surface area contributed by atoms with Crippen LogP contribution < -0.4 is 0 Å². The average Bonchev–Trinajstić information content (AvgIpc) is 2.19. The number of likely N-dealkylation sites (N-methyl/N-ethyl adjacent to an activating group) is 1. The molecule has 0 spiro atoms. The van der Waals surface area contributed by atoms with Crippen LogP contribution in [0.2, 0.25) is 0 Å². The smallest absolute Gasteiger partial charge is 0.248 e. The monoisotopic (exact) mass is 249 g/mol. The van der Waals surface area contributed by atoms with Gasteiger partial charge in [0.05, 0.1) is 5.60 Å². The second kappa shape index (κ2) is 7.91. The number of rotatable bonds is 7. The fraction of sp³-hybridized carbons (Fsp3) is 0.917. The Morgan fingerprint density at radius 3 is 2.38 bits per heavy atom. The van der Waals surface area contributed by atoms with E-state index in [1.54, 1.807) is 4.90 Å². The summed E-state index contributed by atoms with van der Waals surface area (Å²) in [5, 5.41) is 0. The summed E-state index contributed by atoms with van der Waals surface area (Å²) in [6, 6.07) is 0. The lowest BCUT2D eigenvalue weighted by molar-refractivity contribution is -0.139. The Labute approximate surface area is 104 Å². The van der Waals surface area contributed by atoms with Crippen LogP contribution in [0.4, 0.5) is 0 Å². The van der Waals surface area contributed by atoms with Crippen LogP contribution in [-0.2, 0) is 9.53 Å². The van der Waals surface area contributed by atoms with Crippen molar-refractivity contribution < 1.29 is 9.53 Å². The number of nitrogens with zero attached hydrogens (tertiary/aromatic N) is 1. The van der Waals surface area contributed by atoms with Gasteiger partial charge in [0.2, 0.25) is 5.91 Å². The lowest BCUT2D eigenvalue weighted by Gasteiger charge is -2.22. The summed E-state index contributed by atoms with van der Waals surface area (Å²) in [5.74, 6) is 0.742. The van der Waals surface area contributed by atoms with Crippen LogP contribution in [0.15, 0.2) is 0 Å². The minimum atomic E-state index is -0.255. The van der Waals surface area contributed by atoms with Gasteiger partial charge in [-0.25, -0.2) is 0 Å². The van der Waals surface area contributed by atoms with E-state index in [-0.39, 0.29) is 18.1 Å². The molecule has 16 heavy (non-hydrogen) atoms. The van der Waals surface area contributed by atoms with Crippen LogP contribution in [0, 0.1) is 0 Å². The molecule has 96 valence electrons. The zero-order valence-corrected chi connectivity index (χ0v) is 11.6. The molecule has 0 bridgehead atoms. The first-order chi connectivity index (χ1) is 7.37. The van der Waals surface area contributed by atoms with Crippen molar-refractivity contribution >= 4 is 17.5 Å². The van der Waals surface area contributed by atoms with Gasteiger partial charge in [-0.3, -0.25) is 4.79 Å². The molecule has 0 aliphatic carbocycles. The number of unbranched alkanes of at least 4 members (excludes halogenated alkanes) is 2. The van der Waals surface area contributed by atoms with Crippen LogP contribution in [0.3, 0.4) is 0 Å². The van der Waals surface area contributed by atoms with Crippen molar-refractivity contribution in [2.24, 2.45) is 0 Å². The van der Waals surface area contributed by atoms with Crippen molar-refractivity contribution in [2.75, 3.05) is 26.1 Å². The highest BCUT2D eigenvalue weighted by Gasteiger charge is 2.15. The largest absolute Gasteiger partial charge is 0.366 e. The number of hydrogen-bond acceptors (Lipinski definition) is 2. The molecule has 0 heterocycles.